The summed E-state index contributed by atoms with van der Waals surface area (Å²) < 4.78 is 28.9. The molecule has 8 heteroatoms. The molecule has 6 nitrogen and oxygen atoms in total. The summed E-state index contributed by atoms with van der Waals surface area (Å²) in [5.74, 6) is -0.853. The molecule has 3 saturated heterocycles. The third-order valence-electron chi connectivity index (χ3n) is 7.05. The quantitative estimate of drug-likeness (QED) is 0.869. The molecular formula is C19H25F2N5O. The molecule has 2 aliphatic carbocycles. The van der Waals surface area contributed by atoms with Gasteiger partial charge in [0.1, 0.15) is 11.5 Å². The van der Waals surface area contributed by atoms with Gasteiger partial charge in [-0.3, -0.25) is 4.79 Å². The van der Waals surface area contributed by atoms with Crippen LogP contribution in [0, 0.1) is 17.8 Å². The molecule has 3 atom stereocenters. The molecule has 6 rings (SSSR count). The molecular weight excluding hydrogens is 352 g/mol. The Morgan fingerprint density at radius 3 is 2.63 bits per heavy atom. The average molecular weight is 377 g/mol. The minimum absolute atomic E-state index is 0.0745. The fraction of sp³-hybridized carbons (Fsp3) is 0.737. The molecule has 0 radical (unpaired) electrons. The van der Waals surface area contributed by atoms with E-state index >= 15 is 0 Å². The number of alkyl halides is 2. The predicted molar refractivity (Wildman–Crippen MR) is 96.8 cm³/mol. The van der Waals surface area contributed by atoms with Gasteiger partial charge in [-0.05, 0) is 43.9 Å². The van der Waals surface area contributed by atoms with Gasteiger partial charge in [0.05, 0.1) is 0 Å². The van der Waals surface area contributed by atoms with Crippen LogP contribution in [0.3, 0.4) is 0 Å². The van der Waals surface area contributed by atoms with Crippen molar-refractivity contribution in [2.24, 2.45) is 23.5 Å². The first kappa shape index (κ1) is 17.1. The highest BCUT2D eigenvalue weighted by Gasteiger charge is 2.50. The number of carbonyl (C=O) groups excluding carboxylic acids is 1. The van der Waals surface area contributed by atoms with E-state index in [1.165, 1.54) is 0 Å². The summed E-state index contributed by atoms with van der Waals surface area (Å²) >= 11 is 0. The zero-order chi connectivity index (χ0) is 18.9. The molecule has 1 amide bonds. The van der Waals surface area contributed by atoms with Crippen molar-refractivity contribution in [1.29, 1.82) is 0 Å². The van der Waals surface area contributed by atoms with E-state index in [9.17, 15) is 13.6 Å². The molecule has 4 heterocycles. The zero-order valence-electron chi connectivity index (χ0n) is 15.5. The highest BCUT2D eigenvalue weighted by Crippen LogP contribution is 2.50. The van der Waals surface area contributed by atoms with E-state index in [4.69, 9.17) is 10.7 Å². The lowest BCUT2D eigenvalue weighted by atomic mass is 9.60. The first-order valence-electron chi connectivity index (χ1n) is 9.92. The number of carbonyl (C=O) groups is 1. The number of hydrogen-bond donors (Lipinski definition) is 1. The van der Waals surface area contributed by atoms with Gasteiger partial charge >= 0.3 is 0 Å². The second kappa shape index (κ2) is 5.75. The molecule has 27 heavy (non-hydrogen) atoms. The predicted octanol–water partition coefficient (Wildman–Crippen LogP) is 2.06. The number of fused-ring (bicyclic) bond motifs is 3. The summed E-state index contributed by atoms with van der Waals surface area (Å²) in [6.45, 7) is 4.41. The molecule has 1 saturated carbocycles. The van der Waals surface area contributed by atoms with E-state index in [-0.39, 0.29) is 18.0 Å². The maximum atomic E-state index is 14.5. The van der Waals surface area contributed by atoms with E-state index < -0.39 is 5.92 Å². The monoisotopic (exact) mass is 377 g/mol. The lowest BCUT2D eigenvalue weighted by Gasteiger charge is -2.54. The van der Waals surface area contributed by atoms with E-state index in [0.29, 0.717) is 54.0 Å². The van der Waals surface area contributed by atoms with Crippen LogP contribution in [0.15, 0.2) is 0 Å². The molecule has 3 unspecified atom stereocenters. The number of nitrogens with two attached hydrogens (primary N) is 1. The highest BCUT2D eigenvalue weighted by molar-refractivity contribution is 5.74. The Balaban J connectivity index is 1.47. The number of hydrogen-bond acceptors (Lipinski definition) is 5. The lowest BCUT2D eigenvalue weighted by Crippen LogP contribution is -2.56. The van der Waals surface area contributed by atoms with Gasteiger partial charge in [-0.15, -0.1) is 0 Å². The minimum atomic E-state index is -2.87. The van der Waals surface area contributed by atoms with Crippen molar-refractivity contribution in [3.05, 3.63) is 11.3 Å². The third kappa shape index (κ3) is 2.59. The topological polar surface area (TPSA) is 75.3 Å². The van der Waals surface area contributed by atoms with Crippen molar-refractivity contribution in [2.45, 2.75) is 51.0 Å². The summed E-state index contributed by atoms with van der Waals surface area (Å²) in [6.07, 6.45) is 2.69. The van der Waals surface area contributed by atoms with Crippen LogP contribution < -0.4 is 15.5 Å². The van der Waals surface area contributed by atoms with Crippen LogP contribution in [0.25, 0.3) is 0 Å². The molecule has 2 N–H and O–H groups in total. The Morgan fingerprint density at radius 1 is 1.30 bits per heavy atom. The van der Waals surface area contributed by atoms with Gasteiger partial charge in [-0.25, -0.2) is 4.98 Å². The Kier molecular flexibility index (Phi) is 3.65. The van der Waals surface area contributed by atoms with Gasteiger partial charge in [-0.2, -0.15) is 13.8 Å². The molecule has 1 aromatic rings. The number of piperidine rings is 2. The van der Waals surface area contributed by atoms with Crippen molar-refractivity contribution in [2.75, 3.05) is 29.4 Å². The van der Waals surface area contributed by atoms with Crippen molar-refractivity contribution >= 4 is 17.7 Å². The molecule has 146 valence electrons. The molecule has 2 bridgehead atoms. The Morgan fingerprint density at radius 2 is 2.04 bits per heavy atom. The fourth-order valence-corrected chi connectivity index (χ4v) is 5.32. The molecule has 1 aromatic heterocycles. The molecule has 0 spiro atoms. The van der Waals surface area contributed by atoms with Crippen LogP contribution in [0.2, 0.25) is 0 Å². The van der Waals surface area contributed by atoms with Gasteiger partial charge in [0.15, 0.2) is 0 Å². The second-order valence-corrected chi connectivity index (χ2v) is 8.71. The largest absolute Gasteiger partial charge is 0.370 e. The summed E-state index contributed by atoms with van der Waals surface area (Å²) in [5, 5.41) is 0. The van der Waals surface area contributed by atoms with Gasteiger partial charge in [0, 0.05) is 44.1 Å². The minimum Gasteiger partial charge on any atom is -0.370 e. The number of nitrogens with zero attached hydrogens (tertiary/aromatic N) is 4. The summed E-state index contributed by atoms with van der Waals surface area (Å²) in [7, 11) is 0. The molecule has 4 fully saturated rings. The standard InChI is InChI=1S/C19H25F2N5O/c1-10-3-5-26(10)18-23-16-13(2-4-19(16,20)21)17(24-18)25-8-11-6-12(9-25)14(11)7-15(22)27/h10-12,14H,2-9H2,1H3,(H2,22,27). The Labute approximate surface area is 157 Å². The lowest BCUT2D eigenvalue weighted by molar-refractivity contribution is -0.121. The van der Waals surface area contributed by atoms with E-state index in [1.807, 2.05) is 4.90 Å². The van der Waals surface area contributed by atoms with Crippen molar-refractivity contribution in [1.82, 2.24) is 9.97 Å². The summed E-state index contributed by atoms with van der Waals surface area (Å²) in [5.41, 5.74) is 5.92. The summed E-state index contributed by atoms with van der Waals surface area (Å²) in [6, 6.07) is 0.292. The molecule has 3 aliphatic heterocycles. The van der Waals surface area contributed by atoms with Gasteiger partial charge in [0.2, 0.25) is 11.9 Å². The number of aromatic nitrogens is 2. The van der Waals surface area contributed by atoms with E-state index in [0.717, 1.165) is 32.5 Å². The van der Waals surface area contributed by atoms with Crippen LogP contribution in [-0.2, 0) is 17.1 Å². The summed E-state index contributed by atoms with van der Waals surface area (Å²) in [4.78, 5) is 24.5. The number of primary amides is 1. The van der Waals surface area contributed by atoms with Crippen LogP contribution in [-0.4, -0.2) is 41.6 Å². The van der Waals surface area contributed by atoms with Crippen LogP contribution in [0.5, 0.6) is 0 Å². The van der Waals surface area contributed by atoms with Gasteiger partial charge < -0.3 is 15.5 Å². The van der Waals surface area contributed by atoms with E-state index in [1.54, 1.807) is 0 Å². The van der Waals surface area contributed by atoms with Crippen LogP contribution in [0.1, 0.15) is 43.9 Å². The average Bonchev–Trinajstić information content (AvgIpc) is 2.93. The Bertz CT molecular complexity index is 789. The third-order valence-corrected chi connectivity index (χ3v) is 7.05. The molecule has 5 aliphatic rings. The highest BCUT2D eigenvalue weighted by atomic mass is 19.3. The first-order chi connectivity index (χ1) is 12.8. The smallest absolute Gasteiger partial charge is 0.290 e. The van der Waals surface area contributed by atoms with Crippen LogP contribution >= 0.6 is 0 Å². The van der Waals surface area contributed by atoms with Gasteiger partial charge in [-0.1, -0.05) is 0 Å². The number of rotatable bonds is 4. The van der Waals surface area contributed by atoms with Crippen LogP contribution in [0.4, 0.5) is 20.5 Å². The Hall–Kier alpha value is -1.99. The maximum Gasteiger partial charge on any atom is 0.290 e. The zero-order valence-corrected chi connectivity index (χ0v) is 15.5. The number of amides is 1. The van der Waals surface area contributed by atoms with Crippen molar-refractivity contribution < 1.29 is 13.6 Å². The van der Waals surface area contributed by atoms with Gasteiger partial charge in [0.25, 0.3) is 5.92 Å². The normalized spacial score (nSPS) is 33.3. The molecule has 0 aromatic carbocycles. The first-order valence-corrected chi connectivity index (χ1v) is 9.92. The maximum absolute atomic E-state index is 14.5. The van der Waals surface area contributed by atoms with Crippen molar-refractivity contribution in [3.63, 3.8) is 0 Å². The SMILES string of the molecule is CC1CCN1c1nc(N2CC3CC(C2)C3CC(N)=O)c2c(n1)C(F)(F)CC2. The number of anilines is 2. The van der Waals surface area contributed by atoms with Crippen molar-refractivity contribution in [3.8, 4) is 0 Å². The number of halogens is 2. The fourth-order valence-electron chi connectivity index (χ4n) is 5.32. The second-order valence-electron chi connectivity index (χ2n) is 8.71. The van der Waals surface area contributed by atoms with E-state index in [2.05, 4.69) is 16.8 Å².